The molecule has 1 aliphatic heterocycles. The van der Waals surface area contributed by atoms with E-state index in [0.29, 0.717) is 0 Å². The summed E-state index contributed by atoms with van der Waals surface area (Å²) in [7, 11) is 0. The van der Waals surface area contributed by atoms with Crippen molar-refractivity contribution in [1.29, 1.82) is 0 Å². The number of aromatic nitrogens is 1. The van der Waals surface area contributed by atoms with Crippen LogP contribution in [0.3, 0.4) is 0 Å². The van der Waals surface area contributed by atoms with Crippen LogP contribution in [0.5, 0.6) is 0 Å². The molecule has 2 rings (SSSR count). The SMILES string of the molecule is CCCC1CCCN(Cc2ccc(Br)cn2)CC1. The zero-order chi connectivity index (χ0) is 12.8. The summed E-state index contributed by atoms with van der Waals surface area (Å²) in [5.41, 5.74) is 1.19. The second-order valence-corrected chi connectivity index (χ2v) is 6.25. The maximum Gasteiger partial charge on any atom is 0.0544 e. The lowest BCUT2D eigenvalue weighted by atomic mass is 9.96. The van der Waals surface area contributed by atoms with E-state index in [-0.39, 0.29) is 0 Å². The van der Waals surface area contributed by atoms with Gasteiger partial charge in [-0.05, 0) is 66.3 Å². The number of hydrogen-bond donors (Lipinski definition) is 0. The van der Waals surface area contributed by atoms with Crippen LogP contribution in [0.4, 0.5) is 0 Å². The lowest BCUT2D eigenvalue weighted by molar-refractivity contribution is 0.268. The van der Waals surface area contributed by atoms with E-state index in [1.165, 1.54) is 50.9 Å². The molecule has 0 aliphatic carbocycles. The number of likely N-dealkylation sites (tertiary alicyclic amines) is 1. The molecule has 1 aromatic heterocycles. The normalized spacial score (nSPS) is 21.8. The highest BCUT2D eigenvalue weighted by atomic mass is 79.9. The van der Waals surface area contributed by atoms with Gasteiger partial charge in [0, 0.05) is 17.2 Å². The van der Waals surface area contributed by atoms with Gasteiger partial charge in [-0.15, -0.1) is 0 Å². The Hall–Kier alpha value is -0.410. The lowest BCUT2D eigenvalue weighted by Crippen LogP contribution is -2.24. The van der Waals surface area contributed by atoms with Crippen LogP contribution < -0.4 is 0 Å². The molecule has 18 heavy (non-hydrogen) atoms. The van der Waals surface area contributed by atoms with Crippen LogP contribution in [-0.2, 0) is 6.54 Å². The average Bonchev–Trinajstić information content (AvgIpc) is 2.59. The van der Waals surface area contributed by atoms with Gasteiger partial charge in [0.25, 0.3) is 0 Å². The molecule has 0 amide bonds. The topological polar surface area (TPSA) is 16.1 Å². The first-order valence-corrected chi connectivity index (χ1v) is 7.90. The van der Waals surface area contributed by atoms with Crippen molar-refractivity contribution in [2.24, 2.45) is 5.92 Å². The van der Waals surface area contributed by atoms with Gasteiger partial charge in [-0.2, -0.15) is 0 Å². The minimum absolute atomic E-state index is 0.956. The van der Waals surface area contributed by atoms with Gasteiger partial charge < -0.3 is 0 Å². The zero-order valence-electron chi connectivity index (χ0n) is 11.2. The number of rotatable bonds is 4. The molecule has 0 spiro atoms. The summed E-state index contributed by atoms with van der Waals surface area (Å²) in [4.78, 5) is 7.03. The molecular weight excluding hydrogens is 288 g/mol. The smallest absolute Gasteiger partial charge is 0.0544 e. The van der Waals surface area contributed by atoms with Gasteiger partial charge in [0.05, 0.1) is 5.69 Å². The van der Waals surface area contributed by atoms with Crippen LogP contribution in [0.1, 0.15) is 44.7 Å². The highest BCUT2D eigenvalue weighted by molar-refractivity contribution is 9.10. The number of halogens is 1. The Morgan fingerprint density at radius 2 is 2.22 bits per heavy atom. The average molecular weight is 311 g/mol. The van der Waals surface area contributed by atoms with E-state index in [0.717, 1.165) is 16.9 Å². The minimum Gasteiger partial charge on any atom is -0.298 e. The van der Waals surface area contributed by atoms with E-state index < -0.39 is 0 Å². The van der Waals surface area contributed by atoms with Gasteiger partial charge in [-0.1, -0.05) is 19.8 Å². The van der Waals surface area contributed by atoms with Crippen molar-refractivity contribution < 1.29 is 0 Å². The molecule has 0 N–H and O–H groups in total. The summed E-state index contributed by atoms with van der Waals surface area (Å²) in [6.07, 6.45) is 8.76. The fraction of sp³-hybridized carbons (Fsp3) is 0.667. The van der Waals surface area contributed by atoms with Crippen LogP contribution in [0.15, 0.2) is 22.8 Å². The molecule has 100 valence electrons. The number of nitrogens with zero attached hydrogens (tertiary/aromatic N) is 2. The predicted molar refractivity (Wildman–Crippen MR) is 79.5 cm³/mol. The Balaban J connectivity index is 1.84. The van der Waals surface area contributed by atoms with Crippen LogP contribution in [0, 0.1) is 5.92 Å². The first-order valence-electron chi connectivity index (χ1n) is 7.10. The van der Waals surface area contributed by atoms with Crippen molar-refractivity contribution in [2.45, 2.75) is 45.6 Å². The molecule has 0 radical (unpaired) electrons. The molecule has 1 aromatic rings. The van der Waals surface area contributed by atoms with Crippen molar-refractivity contribution >= 4 is 15.9 Å². The molecule has 1 aliphatic rings. The second-order valence-electron chi connectivity index (χ2n) is 5.33. The third-order valence-corrected chi connectivity index (χ3v) is 4.28. The van der Waals surface area contributed by atoms with E-state index >= 15 is 0 Å². The summed E-state index contributed by atoms with van der Waals surface area (Å²) in [5.74, 6) is 0.956. The molecule has 1 saturated heterocycles. The maximum atomic E-state index is 4.47. The van der Waals surface area contributed by atoms with Crippen molar-refractivity contribution in [3.8, 4) is 0 Å². The van der Waals surface area contributed by atoms with E-state index in [4.69, 9.17) is 0 Å². The summed E-state index contributed by atoms with van der Waals surface area (Å²) in [6.45, 7) is 5.78. The zero-order valence-corrected chi connectivity index (χ0v) is 12.8. The molecular formula is C15H23BrN2. The molecule has 1 atom stereocenters. The fourth-order valence-electron chi connectivity index (χ4n) is 2.81. The Kier molecular flexibility index (Phi) is 5.64. The predicted octanol–water partition coefficient (Wildman–Crippen LogP) is 4.25. The van der Waals surface area contributed by atoms with E-state index in [2.05, 4.69) is 44.9 Å². The van der Waals surface area contributed by atoms with Crippen molar-refractivity contribution in [2.75, 3.05) is 13.1 Å². The molecule has 1 fully saturated rings. The van der Waals surface area contributed by atoms with Crippen LogP contribution in [0.2, 0.25) is 0 Å². The fourth-order valence-corrected chi connectivity index (χ4v) is 3.04. The Morgan fingerprint density at radius 3 is 2.94 bits per heavy atom. The quantitative estimate of drug-likeness (QED) is 0.826. The summed E-state index contributed by atoms with van der Waals surface area (Å²) < 4.78 is 1.06. The highest BCUT2D eigenvalue weighted by Gasteiger charge is 2.16. The van der Waals surface area contributed by atoms with Gasteiger partial charge >= 0.3 is 0 Å². The third-order valence-electron chi connectivity index (χ3n) is 3.81. The lowest BCUT2D eigenvalue weighted by Gasteiger charge is -2.19. The summed E-state index contributed by atoms with van der Waals surface area (Å²) in [6, 6.07) is 4.21. The highest BCUT2D eigenvalue weighted by Crippen LogP contribution is 2.22. The van der Waals surface area contributed by atoms with Gasteiger partial charge in [-0.3, -0.25) is 9.88 Å². The standard InChI is InChI=1S/C15H23BrN2/c1-2-4-13-5-3-9-18(10-8-13)12-15-7-6-14(16)11-17-15/h6-7,11,13H,2-5,8-10,12H2,1H3. The summed E-state index contributed by atoms with van der Waals surface area (Å²) in [5, 5.41) is 0. The van der Waals surface area contributed by atoms with Crippen LogP contribution in [-0.4, -0.2) is 23.0 Å². The Labute approximate surface area is 119 Å². The van der Waals surface area contributed by atoms with E-state index in [9.17, 15) is 0 Å². The molecule has 2 nitrogen and oxygen atoms in total. The second kappa shape index (κ2) is 7.25. The molecule has 1 unspecified atom stereocenters. The van der Waals surface area contributed by atoms with E-state index in [1.807, 2.05) is 6.20 Å². The van der Waals surface area contributed by atoms with Crippen molar-refractivity contribution in [3.05, 3.63) is 28.5 Å². The maximum absolute atomic E-state index is 4.47. The Bertz CT molecular complexity index is 350. The summed E-state index contributed by atoms with van der Waals surface area (Å²) >= 11 is 3.43. The molecule has 0 bridgehead atoms. The van der Waals surface area contributed by atoms with Gasteiger partial charge in [-0.25, -0.2) is 0 Å². The minimum atomic E-state index is 0.956. The monoisotopic (exact) mass is 310 g/mol. The van der Waals surface area contributed by atoms with Crippen LogP contribution in [0.25, 0.3) is 0 Å². The largest absolute Gasteiger partial charge is 0.298 e. The van der Waals surface area contributed by atoms with Gasteiger partial charge in [0.2, 0.25) is 0 Å². The molecule has 3 heteroatoms. The van der Waals surface area contributed by atoms with Crippen molar-refractivity contribution in [1.82, 2.24) is 9.88 Å². The molecule has 0 aromatic carbocycles. The molecule has 2 heterocycles. The van der Waals surface area contributed by atoms with Crippen LogP contribution >= 0.6 is 15.9 Å². The van der Waals surface area contributed by atoms with E-state index in [1.54, 1.807) is 0 Å². The van der Waals surface area contributed by atoms with Gasteiger partial charge in [0.15, 0.2) is 0 Å². The third kappa shape index (κ3) is 4.36. The number of pyridine rings is 1. The van der Waals surface area contributed by atoms with Gasteiger partial charge in [0.1, 0.15) is 0 Å². The first-order chi connectivity index (χ1) is 8.78. The van der Waals surface area contributed by atoms with Crippen molar-refractivity contribution in [3.63, 3.8) is 0 Å². The Morgan fingerprint density at radius 1 is 1.33 bits per heavy atom. The number of hydrogen-bond acceptors (Lipinski definition) is 2. The first kappa shape index (κ1) is 14.0. The molecule has 0 saturated carbocycles.